The fourth-order valence-corrected chi connectivity index (χ4v) is 4.29. The molecule has 2 aromatic carbocycles. The standard InChI is InChI=1S/C21H27N3O4S/c1-16-4-9-20(17(2)14-16)24(29(3,26)27)15-21(25)22-18-5-7-19(8-6-18)23-10-12-28-13-11-23/h4-9,14H,10-13,15H2,1-3H3,(H,22,25). The molecule has 0 aromatic heterocycles. The smallest absolute Gasteiger partial charge is 0.245 e. The van der Waals surface area contributed by atoms with Gasteiger partial charge in [0.15, 0.2) is 0 Å². The summed E-state index contributed by atoms with van der Waals surface area (Å²) < 4.78 is 31.1. The molecule has 7 nitrogen and oxygen atoms in total. The summed E-state index contributed by atoms with van der Waals surface area (Å²) in [7, 11) is -3.61. The normalized spacial score (nSPS) is 14.5. The van der Waals surface area contributed by atoms with Gasteiger partial charge in [-0.1, -0.05) is 17.7 Å². The van der Waals surface area contributed by atoms with Crippen molar-refractivity contribution in [2.24, 2.45) is 0 Å². The van der Waals surface area contributed by atoms with Gasteiger partial charge in [0.25, 0.3) is 0 Å². The van der Waals surface area contributed by atoms with Crippen molar-refractivity contribution >= 4 is 33.0 Å². The summed E-state index contributed by atoms with van der Waals surface area (Å²) in [6.07, 6.45) is 1.11. The molecule has 1 amide bonds. The van der Waals surface area contributed by atoms with Crippen LogP contribution in [-0.2, 0) is 19.6 Å². The number of hydrogen-bond acceptors (Lipinski definition) is 5. The highest BCUT2D eigenvalue weighted by Crippen LogP contribution is 2.24. The van der Waals surface area contributed by atoms with Crippen molar-refractivity contribution in [3.05, 3.63) is 53.6 Å². The minimum Gasteiger partial charge on any atom is -0.378 e. The van der Waals surface area contributed by atoms with Crippen LogP contribution in [0.2, 0.25) is 0 Å². The Kier molecular flexibility index (Phi) is 6.44. The van der Waals surface area contributed by atoms with E-state index < -0.39 is 15.9 Å². The topological polar surface area (TPSA) is 79.0 Å². The van der Waals surface area contributed by atoms with Crippen LogP contribution in [0.4, 0.5) is 17.1 Å². The van der Waals surface area contributed by atoms with Crippen LogP contribution in [0.5, 0.6) is 0 Å². The van der Waals surface area contributed by atoms with Crippen LogP contribution >= 0.6 is 0 Å². The van der Waals surface area contributed by atoms with Crippen molar-refractivity contribution in [3.8, 4) is 0 Å². The Labute approximate surface area is 172 Å². The number of aryl methyl sites for hydroxylation is 2. The molecule has 1 aliphatic rings. The lowest BCUT2D eigenvalue weighted by molar-refractivity contribution is -0.114. The summed E-state index contributed by atoms with van der Waals surface area (Å²) in [5, 5.41) is 2.79. The molecular weight excluding hydrogens is 390 g/mol. The second-order valence-corrected chi connectivity index (χ2v) is 9.16. The first-order valence-electron chi connectivity index (χ1n) is 9.51. The number of ether oxygens (including phenoxy) is 1. The Bertz CT molecular complexity index is 968. The molecule has 156 valence electrons. The number of sulfonamides is 1. The first-order valence-corrected chi connectivity index (χ1v) is 11.4. The van der Waals surface area contributed by atoms with Crippen LogP contribution in [0.1, 0.15) is 11.1 Å². The minimum absolute atomic E-state index is 0.284. The predicted molar refractivity (Wildman–Crippen MR) is 116 cm³/mol. The van der Waals surface area contributed by atoms with Crippen LogP contribution in [0.3, 0.4) is 0 Å². The second-order valence-electron chi connectivity index (χ2n) is 7.25. The van der Waals surface area contributed by atoms with E-state index in [1.54, 1.807) is 6.07 Å². The van der Waals surface area contributed by atoms with Gasteiger partial charge in [0.1, 0.15) is 6.54 Å². The van der Waals surface area contributed by atoms with Crippen molar-refractivity contribution < 1.29 is 17.9 Å². The van der Waals surface area contributed by atoms with E-state index in [-0.39, 0.29) is 6.54 Å². The monoisotopic (exact) mass is 417 g/mol. The molecular formula is C21H27N3O4S. The maximum Gasteiger partial charge on any atom is 0.245 e. The summed E-state index contributed by atoms with van der Waals surface area (Å²) >= 11 is 0. The quantitative estimate of drug-likeness (QED) is 0.781. The van der Waals surface area contributed by atoms with Gasteiger partial charge in [0.2, 0.25) is 15.9 Å². The number of anilines is 3. The molecule has 1 heterocycles. The summed E-state index contributed by atoms with van der Waals surface area (Å²) in [6, 6.07) is 13.0. The molecule has 3 rings (SSSR count). The number of nitrogens with one attached hydrogen (secondary N) is 1. The van der Waals surface area contributed by atoms with E-state index in [2.05, 4.69) is 10.2 Å². The zero-order chi connectivity index (χ0) is 21.0. The molecule has 1 fully saturated rings. The SMILES string of the molecule is Cc1ccc(N(CC(=O)Nc2ccc(N3CCOCC3)cc2)S(C)(=O)=O)c(C)c1. The fourth-order valence-electron chi connectivity index (χ4n) is 3.37. The van der Waals surface area contributed by atoms with Crippen LogP contribution in [0, 0.1) is 13.8 Å². The molecule has 29 heavy (non-hydrogen) atoms. The lowest BCUT2D eigenvalue weighted by Gasteiger charge is -2.29. The van der Waals surface area contributed by atoms with Gasteiger partial charge in [-0.25, -0.2) is 8.42 Å². The Balaban J connectivity index is 1.70. The second kappa shape index (κ2) is 8.84. The minimum atomic E-state index is -3.61. The number of morpholine rings is 1. The average molecular weight is 418 g/mol. The van der Waals surface area contributed by atoms with Crippen molar-refractivity contribution in [2.45, 2.75) is 13.8 Å². The maximum absolute atomic E-state index is 12.6. The van der Waals surface area contributed by atoms with E-state index in [1.165, 1.54) is 0 Å². The summed E-state index contributed by atoms with van der Waals surface area (Å²) in [5.74, 6) is -0.394. The van der Waals surface area contributed by atoms with E-state index in [1.807, 2.05) is 50.2 Å². The van der Waals surface area contributed by atoms with Gasteiger partial charge in [-0.3, -0.25) is 9.10 Å². The Morgan fingerprint density at radius 1 is 1.10 bits per heavy atom. The highest BCUT2D eigenvalue weighted by molar-refractivity contribution is 7.92. The van der Waals surface area contributed by atoms with Crippen LogP contribution in [-0.4, -0.2) is 53.4 Å². The molecule has 0 saturated carbocycles. The number of benzene rings is 2. The first-order chi connectivity index (χ1) is 13.7. The zero-order valence-electron chi connectivity index (χ0n) is 17.0. The summed E-state index contributed by atoms with van der Waals surface area (Å²) in [5.41, 5.74) is 4.04. The third-order valence-corrected chi connectivity index (χ3v) is 5.96. The first kappa shape index (κ1) is 21.1. The highest BCUT2D eigenvalue weighted by Gasteiger charge is 2.22. The largest absolute Gasteiger partial charge is 0.378 e. The van der Waals surface area contributed by atoms with Crippen LogP contribution < -0.4 is 14.5 Å². The number of amides is 1. The van der Waals surface area contributed by atoms with Gasteiger partial charge >= 0.3 is 0 Å². The van der Waals surface area contributed by atoms with Gasteiger partial charge in [-0.05, 0) is 49.7 Å². The molecule has 1 N–H and O–H groups in total. The maximum atomic E-state index is 12.6. The molecule has 0 bridgehead atoms. The number of rotatable bonds is 6. The number of carbonyl (C=O) groups excluding carboxylic acids is 1. The molecule has 0 spiro atoms. The number of carbonyl (C=O) groups is 1. The zero-order valence-corrected chi connectivity index (χ0v) is 17.8. The van der Waals surface area contributed by atoms with E-state index in [9.17, 15) is 13.2 Å². The van der Waals surface area contributed by atoms with E-state index in [4.69, 9.17) is 4.74 Å². The van der Waals surface area contributed by atoms with Crippen LogP contribution in [0.15, 0.2) is 42.5 Å². The fraction of sp³-hybridized carbons (Fsp3) is 0.381. The molecule has 0 atom stereocenters. The van der Waals surface area contributed by atoms with E-state index >= 15 is 0 Å². The van der Waals surface area contributed by atoms with Gasteiger partial charge in [-0.15, -0.1) is 0 Å². The lowest BCUT2D eigenvalue weighted by Crippen LogP contribution is -2.38. The lowest BCUT2D eigenvalue weighted by atomic mass is 10.1. The predicted octanol–water partition coefficient (Wildman–Crippen LogP) is 2.54. The summed E-state index contributed by atoms with van der Waals surface area (Å²) in [6.45, 7) is 6.58. The molecule has 2 aromatic rings. The Morgan fingerprint density at radius 3 is 2.34 bits per heavy atom. The van der Waals surface area contributed by atoms with Gasteiger partial charge in [0, 0.05) is 24.5 Å². The van der Waals surface area contributed by atoms with E-state index in [0.29, 0.717) is 24.6 Å². The number of nitrogens with zero attached hydrogens (tertiary/aromatic N) is 2. The molecule has 1 saturated heterocycles. The van der Waals surface area contributed by atoms with Gasteiger partial charge < -0.3 is 15.0 Å². The van der Waals surface area contributed by atoms with Crippen molar-refractivity contribution in [1.82, 2.24) is 0 Å². The van der Waals surface area contributed by atoms with E-state index in [0.717, 1.165) is 40.5 Å². The van der Waals surface area contributed by atoms with Crippen molar-refractivity contribution in [3.63, 3.8) is 0 Å². The molecule has 8 heteroatoms. The van der Waals surface area contributed by atoms with Crippen molar-refractivity contribution in [2.75, 3.05) is 53.6 Å². The van der Waals surface area contributed by atoms with Crippen LogP contribution in [0.25, 0.3) is 0 Å². The van der Waals surface area contributed by atoms with Gasteiger partial charge in [0.05, 0.1) is 25.2 Å². The van der Waals surface area contributed by atoms with Gasteiger partial charge in [-0.2, -0.15) is 0 Å². The van der Waals surface area contributed by atoms with Crippen molar-refractivity contribution in [1.29, 1.82) is 0 Å². The Morgan fingerprint density at radius 2 is 1.76 bits per heavy atom. The molecule has 1 aliphatic heterocycles. The summed E-state index contributed by atoms with van der Waals surface area (Å²) in [4.78, 5) is 14.8. The third-order valence-electron chi connectivity index (χ3n) is 4.84. The average Bonchev–Trinajstić information content (AvgIpc) is 2.67. The highest BCUT2D eigenvalue weighted by atomic mass is 32.2. The number of hydrogen-bond donors (Lipinski definition) is 1. The molecule has 0 aliphatic carbocycles. The Hall–Kier alpha value is -2.58. The molecule has 0 radical (unpaired) electrons. The molecule has 0 unspecified atom stereocenters. The third kappa shape index (κ3) is 5.48.